The maximum absolute atomic E-state index is 11.3. The number of aliphatic hydroxyl groups excluding tert-OH is 1. The van der Waals surface area contributed by atoms with Crippen molar-refractivity contribution in [1.82, 2.24) is 14.8 Å². The first-order valence-corrected chi connectivity index (χ1v) is 7.32. The van der Waals surface area contributed by atoms with E-state index in [4.69, 9.17) is 0 Å². The minimum Gasteiger partial charge on any atom is -0.389 e. The Bertz CT molecular complexity index is 754. The molecule has 0 spiro atoms. The van der Waals surface area contributed by atoms with Gasteiger partial charge in [-0.1, -0.05) is 33.8 Å². The third-order valence-corrected chi connectivity index (χ3v) is 4.30. The number of nitrogens with zero attached hydrogens (tertiary/aromatic N) is 2. The molecule has 0 aliphatic carbocycles. The van der Waals surface area contributed by atoms with Crippen LogP contribution >= 0.6 is 27.7 Å². The van der Waals surface area contributed by atoms with Crippen LogP contribution in [0.5, 0.6) is 0 Å². The molecule has 2 N–H and O–H groups in total. The van der Waals surface area contributed by atoms with Crippen molar-refractivity contribution >= 4 is 27.7 Å². The normalized spacial score (nSPS) is 12.4. The number of aryl methyl sites for hydroxylation is 1. The molecule has 0 aliphatic rings. The number of nitrogens with one attached hydrogen (secondary N) is 1. The summed E-state index contributed by atoms with van der Waals surface area (Å²) in [6, 6.07) is 5.43. The lowest BCUT2D eigenvalue weighted by Gasteiger charge is -2.10. The molecule has 6 nitrogen and oxygen atoms in total. The van der Waals surface area contributed by atoms with Gasteiger partial charge < -0.3 is 5.11 Å². The lowest BCUT2D eigenvalue weighted by atomic mass is 10.1. The fraction of sp³-hybridized carbons (Fsp3) is 0.250. The molecule has 2 aromatic rings. The Balaban J connectivity index is 2.36. The Labute approximate surface area is 127 Å². The average Bonchev–Trinajstić information content (AvgIpc) is 2.35. The van der Waals surface area contributed by atoms with Gasteiger partial charge in [0.15, 0.2) is 5.16 Å². The molecule has 20 heavy (non-hydrogen) atoms. The molecule has 0 saturated heterocycles. The van der Waals surface area contributed by atoms with Crippen LogP contribution in [0.1, 0.15) is 18.6 Å². The molecule has 0 bridgehead atoms. The third-order valence-electron chi connectivity index (χ3n) is 2.58. The smallest absolute Gasteiger partial charge is 0.339 e. The monoisotopic (exact) mass is 357 g/mol. The number of halogens is 1. The molecule has 1 unspecified atom stereocenters. The SMILES string of the molecule is CC(O)c1ccc(Sc2nc(=O)c(=O)[nH]n2C)cc1Br. The van der Waals surface area contributed by atoms with Crippen LogP contribution in [0.3, 0.4) is 0 Å². The largest absolute Gasteiger partial charge is 0.389 e. The zero-order chi connectivity index (χ0) is 14.9. The summed E-state index contributed by atoms with van der Waals surface area (Å²) >= 11 is 4.63. The zero-order valence-corrected chi connectivity index (χ0v) is 13.2. The van der Waals surface area contributed by atoms with E-state index in [0.29, 0.717) is 5.16 Å². The summed E-state index contributed by atoms with van der Waals surface area (Å²) in [5.74, 6) is 0. The molecule has 0 saturated carbocycles. The lowest BCUT2D eigenvalue weighted by molar-refractivity contribution is 0.198. The Kier molecular flexibility index (Phi) is 4.46. The van der Waals surface area contributed by atoms with Gasteiger partial charge in [-0.05, 0) is 24.6 Å². The average molecular weight is 358 g/mol. The summed E-state index contributed by atoms with van der Waals surface area (Å²) in [7, 11) is 1.61. The Hall–Kier alpha value is -1.38. The molecule has 1 aromatic heterocycles. The maximum Gasteiger partial charge on any atom is 0.339 e. The lowest BCUT2D eigenvalue weighted by Crippen LogP contribution is -2.33. The number of aliphatic hydroxyl groups is 1. The van der Waals surface area contributed by atoms with Crippen LogP contribution in [0, 0.1) is 0 Å². The van der Waals surface area contributed by atoms with E-state index in [2.05, 4.69) is 26.0 Å². The second kappa shape index (κ2) is 5.94. The van der Waals surface area contributed by atoms with E-state index in [-0.39, 0.29) is 0 Å². The third kappa shape index (κ3) is 3.20. The molecule has 0 fully saturated rings. The highest BCUT2D eigenvalue weighted by atomic mass is 79.9. The van der Waals surface area contributed by atoms with Gasteiger partial charge in [-0.15, -0.1) is 0 Å². The summed E-state index contributed by atoms with van der Waals surface area (Å²) < 4.78 is 2.16. The van der Waals surface area contributed by atoms with Crippen LogP contribution in [0.2, 0.25) is 0 Å². The molecule has 0 amide bonds. The molecule has 1 heterocycles. The fourth-order valence-electron chi connectivity index (χ4n) is 1.57. The van der Waals surface area contributed by atoms with Gasteiger partial charge in [-0.3, -0.25) is 19.4 Å². The van der Waals surface area contributed by atoms with Gasteiger partial charge in [0, 0.05) is 16.4 Å². The van der Waals surface area contributed by atoms with E-state index < -0.39 is 17.2 Å². The van der Waals surface area contributed by atoms with E-state index >= 15 is 0 Å². The summed E-state index contributed by atoms with van der Waals surface area (Å²) in [6.45, 7) is 1.68. The Morgan fingerprint density at radius 3 is 2.75 bits per heavy atom. The Morgan fingerprint density at radius 1 is 1.45 bits per heavy atom. The maximum atomic E-state index is 11.3. The molecule has 0 radical (unpaired) electrons. The van der Waals surface area contributed by atoms with Crippen LogP contribution in [0.15, 0.2) is 42.3 Å². The van der Waals surface area contributed by atoms with Gasteiger partial charge in [-0.25, -0.2) is 0 Å². The summed E-state index contributed by atoms with van der Waals surface area (Å²) in [4.78, 5) is 26.9. The fourth-order valence-corrected chi connectivity index (χ4v) is 3.26. The first-order chi connectivity index (χ1) is 9.38. The molecular weight excluding hydrogens is 346 g/mol. The topological polar surface area (TPSA) is 88.0 Å². The van der Waals surface area contributed by atoms with Crippen molar-refractivity contribution in [3.8, 4) is 0 Å². The Morgan fingerprint density at radius 2 is 2.15 bits per heavy atom. The van der Waals surface area contributed by atoms with Crippen LogP contribution < -0.4 is 11.1 Å². The highest BCUT2D eigenvalue weighted by molar-refractivity contribution is 9.10. The first kappa shape index (κ1) is 15.0. The van der Waals surface area contributed by atoms with Crippen molar-refractivity contribution < 1.29 is 5.11 Å². The van der Waals surface area contributed by atoms with Gasteiger partial charge in [0.2, 0.25) is 0 Å². The molecule has 8 heteroatoms. The minimum atomic E-state index is -0.815. The first-order valence-electron chi connectivity index (χ1n) is 5.71. The molecule has 1 atom stereocenters. The highest BCUT2D eigenvalue weighted by Gasteiger charge is 2.10. The summed E-state index contributed by atoms with van der Waals surface area (Å²) in [5, 5.41) is 12.3. The second-order valence-corrected chi connectivity index (χ2v) is 6.06. The van der Waals surface area contributed by atoms with E-state index in [1.807, 2.05) is 12.1 Å². The van der Waals surface area contributed by atoms with E-state index in [0.717, 1.165) is 14.9 Å². The van der Waals surface area contributed by atoms with Crippen molar-refractivity contribution in [2.45, 2.75) is 23.1 Å². The second-order valence-electron chi connectivity index (χ2n) is 4.16. The number of aromatic nitrogens is 3. The number of hydrogen-bond acceptors (Lipinski definition) is 5. The quantitative estimate of drug-likeness (QED) is 0.811. The van der Waals surface area contributed by atoms with E-state index in [9.17, 15) is 14.7 Å². The molecular formula is C12H12BrN3O3S. The van der Waals surface area contributed by atoms with E-state index in [1.165, 1.54) is 16.4 Å². The predicted octanol–water partition coefficient (Wildman–Crippen LogP) is 1.44. The van der Waals surface area contributed by atoms with Crippen molar-refractivity contribution in [1.29, 1.82) is 0 Å². The molecule has 1 aromatic carbocycles. The van der Waals surface area contributed by atoms with Crippen LogP contribution in [0.4, 0.5) is 0 Å². The molecule has 106 valence electrons. The van der Waals surface area contributed by atoms with Crippen molar-refractivity contribution in [3.63, 3.8) is 0 Å². The van der Waals surface area contributed by atoms with Crippen LogP contribution in [-0.4, -0.2) is 19.9 Å². The summed E-state index contributed by atoms with van der Waals surface area (Å²) in [6.07, 6.45) is -0.570. The number of rotatable bonds is 3. The van der Waals surface area contributed by atoms with Gasteiger partial charge in [0.1, 0.15) is 0 Å². The number of hydrogen-bond donors (Lipinski definition) is 2. The number of H-pyrrole nitrogens is 1. The number of benzene rings is 1. The standard InChI is InChI=1S/C12H12BrN3O3S/c1-6(17)8-4-3-7(5-9(8)13)20-12-14-10(18)11(19)15-16(12)2/h3-6,17H,1-2H3,(H,15,19). The highest BCUT2D eigenvalue weighted by Crippen LogP contribution is 2.31. The zero-order valence-electron chi connectivity index (χ0n) is 10.8. The predicted molar refractivity (Wildman–Crippen MR) is 79.0 cm³/mol. The molecule has 2 rings (SSSR count). The van der Waals surface area contributed by atoms with E-state index in [1.54, 1.807) is 20.0 Å². The van der Waals surface area contributed by atoms with Gasteiger partial charge in [0.05, 0.1) is 6.10 Å². The van der Waals surface area contributed by atoms with Crippen molar-refractivity contribution in [3.05, 3.63) is 48.9 Å². The van der Waals surface area contributed by atoms with Gasteiger partial charge >= 0.3 is 11.1 Å². The van der Waals surface area contributed by atoms with Crippen LogP contribution in [0.25, 0.3) is 0 Å². The summed E-state index contributed by atoms with van der Waals surface area (Å²) in [5.41, 5.74) is -0.787. The molecule has 0 aliphatic heterocycles. The minimum absolute atomic E-state index is 0.381. The van der Waals surface area contributed by atoms with Gasteiger partial charge in [0.25, 0.3) is 0 Å². The van der Waals surface area contributed by atoms with Gasteiger partial charge in [-0.2, -0.15) is 4.98 Å². The van der Waals surface area contributed by atoms with Crippen molar-refractivity contribution in [2.75, 3.05) is 0 Å². The number of aromatic amines is 1. The van der Waals surface area contributed by atoms with Crippen molar-refractivity contribution in [2.24, 2.45) is 7.05 Å². The van der Waals surface area contributed by atoms with Crippen LogP contribution in [-0.2, 0) is 7.05 Å².